The topological polar surface area (TPSA) is 69.5 Å². The van der Waals surface area contributed by atoms with E-state index in [2.05, 4.69) is 26.9 Å². The number of aromatic nitrogens is 4. The number of H-pyrrole nitrogens is 1. The quantitative estimate of drug-likeness (QED) is 0.717. The minimum absolute atomic E-state index is 0.0219. The Hall–Kier alpha value is -2.67. The smallest absolute Gasteiger partial charge is 0.274 e. The lowest BCUT2D eigenvalue weighted by molar-refractivity contribution is 0.0223. The fraction of sp³-hybridized carbons (Fsp3) is 0.450. The van der Waals surface area contributed by atoms with Gasteiger partial charge in [-0.3, -0.25) is 9.69 Å². The molecule has 3 aromatic rings. The molecule has 0 bridgehead atoms. The van der Waals surface area contributed by atoms with Crippen molar-refractivity contribution in [2.75, 3.05) is 26.7 Å². The largest absolute Gasteiger partial charge is 0.348 e. The predicted molar refractivity (Wildman–Crippen MR) is 102 cm³/mol. The van der Waals surface area contributed by atoms with Crippen LogP contribution in [-0.4, -0.2) is 61.7 Å². The summed E-state index contributed by atoms with van der Waals surface area (Å²) in [5.74, 6) is 0.0219. The number of nitrogens with one attached hydrogen (secondary N) is 1. The molecule has 7 heteroatoms. The molecule has 0 radical (unpaired) electrons. The Bertz CT molecular complexity index is 1010. The monoisotopic (exact) mass is 364 g/mol. The Labute approximate surface area is 158 Å². The van der Waals surface area contributed by atoms with Crippen LogP contribution in [0, 0.1) is 6.92 Å². The van der Waals surface area contributed by atoms with Gasteiger partial charge in [-0.25, -0.2) is 9.97 Å². The number of nitrogens with zero attached hydrogens (tertiary/aromatic N) is 5. The molecule has 1 fully saturated rings. The summed E-state index contributed by atoms with van der Waals surface area (Å²) in [6, 6.07) is 5.93. The highest BCUT2D eigenvalue weighted by molar-refractivity contribution is 5.93. The molecule has 0 saturated carbocycles. The summed E-state index contributed by atoms with van der Waals surface area (Å²) in [4.78, 5) is 29.9. The molecule has 5 rings (SSSR count). The first-order valence-electron chi connectivity index (χ1n) is 9.56. The Balaban J connectivity index is 1.39. The Morgan fingerprint density at radius 1 is 1.22 bits per heavy atom. The highest BCUT2D eigenvalue weighted by Crippen LogP contribution is 2.41. The van der Waals surface area contributed by atoms with Crippen molar-refractivity contribution in [3.05, 3.63) is 53.5 Å². The minimum atomic E-state index is -0.0557. The van der Waals surface area contributed by atoms with Gasteiger partial charge in [0.05, 0.1) is 17.6 Å². The van der Waals surface area contributed by atoms with E-state index in [0.717, 1.165) is 50.2 Å². The van der Waals surface area contributed by atoms with Crippen LogP contribution in [0.4, 0.5) is 0 Å². The van der Waals surface area contributed by atoms with Gasteiger partial charge >= 0.3 is 0 Å². The van der Waals surface area contributed by atoms with E-state index in [1.165, 1.54) is 11.4 Å². The number of hydrogen-bond acceptors (Lipinski definition) is 4. The third-order valence-corrected chi connectivity index (χ3v) is 6.38. The number of hydrogen-bond donors (Lipinski definition) is 1. The first kappa shape index (κ1) is 16.5. The first-order valence-corrected chi connectivity index (χ1v) is 9.56. The fourth-order valence-corrected chi connectivity index (χ4v) is 4.70. The molecule has 5 heterocycles. The van der Waals surface area contributed by atoms with Crippen LogP contribution < -0.4 is 0 Å². The SMILES string of the molecule is Cc1cccc2nc(C(=O)N3CCC4(CC3)c3nc[nH]c3CCN4C)cn12. The number of rotatable bonds is 1. The van der Waals surface area contributed by atoms with Crippen molar-refractivity contribution in [2.45, 2.75) is 31.7 Å². The number of aromatic amines is 1. The van der Waals surface area contributed by atoms with Crippen molar-refractivity contribution in [3.8, 4) is 0 Å². The Kier molecular flexibility index (Phi) is 3.62. The lowest BCUT2D eigenvalue weighted by atomic mass is 9.79. The number of pyridine rings is 1. The third kappa shape index (κ3) is 2.41. The van der Waals surface area contributed by atoms with Crippen LogP contribution in [0.25, 0.3) is 5.65 Å². The Morgan fingerprint density at radius 3 is 2.81 bits per heavy atom. The summed E-state index contributed by atoms with van der Waals surface area (Å²) in [7, 11) is 2.18. The molecule has 7 nitrogen and oxygen atoms in total. The van der Waals surface area contributed by atoms with E-state index in [0.29, 0.717) is 5.69 Å². The fourth-order valence-electron chi connectivity index (χ4n) is 4.70. The first-order chi connectivity index (χ1) is 13.1. The van der Waals surface area contributed by atoms with Gasteiger partial charge in [0.15, 0.2) is 0 Å². The summed E-state index contributed by atoms with van der Waals surface area (Å²) in [6.45, 7) is 4.49. The molecule has 1 spiro atoms. The zero-order valence-corrected chi connectivity index (χ0v) is 15.8. The number of imidazole rings is 2. The Morgan fingerprint density at radius 2 is 2.04 bits per heavy atom. The molecule has 0 atom stereocenters. The molecule has 27 heavy (non-hydrogen) atoms. The van der Waals surface area contributed by atoms with E-state index in [4.69, 9.17) is 0 Å². The van der Waals surface area contributed by atoms with Crippen LogP contribution in [0.2, 0.25) is 0 Å². The second-order valence-corrected chi connectivity index (χ2v) is 7.75. The van der Waals surface area contributed by atoms with Crippen LogP contribution >= 0.6 is 0 Å². The highest BCUT2D eigenvalue weighted by Gasteiger charge is 2.45. The summed E-state index contributed by atoms with van der Waals surface area (Å²) in [5.41, 5.74) is 4.79. The maximum atomic E-state index is 13.0. The molecule has 2 aliphatic heterocycles. The van der Waals surface area contributed by atoms with Crippen LogP contribution in [-0.2, 0) is 12.0 Å². The van der Waals surface area contributed by atoms with Crippen molar-refractivity contribution in [1.29, 1.82) is 0 Å². The average molecular weight is 364 g/mol. The zero-order valence-electron chi connectivity index (χ0n) is 15.8. The highest BCUT2D eigenvalue weighted by atomic mass is 16.2. The molecule has 1 amide bonds. The van der Waals surface area contributed by atoms with Gasteiger partial charge in [0.25, 0.3) is 5.91 Å². The molecular weight excluding hydrogens is 340 g/mol. The summed E-state index contributed by atoms with van der Waals surface area (Å²) in [6.07, 6.45) is 6.48. The van der Waals surface area contributed by atoms with Crippen molar-refractivity contribution in [3.63, 3.8) is 0 Å². The van der Waals surface area contributed by atoms with E-state index in [1.807, 2.05) is 46.9 Å². The molecule has 2 aliphatic rings. The molecule has 140 valence electrons. The molecule has 0 aromatic carbocycles. The maximum absolute atomic E-state index is 13.0. The molecule has 0 unspecified atom stereocenters. The van der Waals surface area contributed by atoms with Gasteiger partial charge in [0, 0.05) is 43.6 Å². The van der Waals surface area contributed by atoms with E-state index >= 15 is 0 Å². The van der Waals surface area contributed by atoms with Gasteiger partial charge in [-0.2, -0.15) is 0 Å². The average Bonchev–Trinajstić information content (AvgIpc) is 3.33. The number of aryl methyl sites for hydroxylation is 1. The van der Waals surface area contributed by atoms with Crippen LogP contribution in [0.15, 0.2) is 30.7 Å². The van der Waals surface area contributed by atoms with E-state index < -0.39 is 0 Å². The van der Waals surface area contributed by atoms with Crippen molar-refractivity contribution < 1.29 is 4.79 Å². The molecule has 3 aromatic heterocycles. The molecule has 0 aliphatic carbocycles. The number of likely N-dealkylation sites (tertiary alicyclic amines) is 1. The number of fused-ring (bicyclic) bond motifs is 3. The van der Waals surface area contributed by atoms with Crippen molar-refractivity contribution in [1.82, 2.24) is 29.2 Å². The van der Waals surface area contributed by atoms with E-state index in [-0.39, 0.29) is 11.4 Å². The van der Waals surface area contributed by atoms with Gasteiger partial charge < -0.3 is 14.3 Å². The normalized spacial score (nSPS) is 19.6. The number of piperidine rings is 1. The van der Waals surface area contributed by atoms with Gasteiger partial charge in [0.2, 0.25) is 0 Å². The lowest BCUT2D eigenvalue weighted by Gasteiger charge is -2.49. The lowest BCUT2D eigenvalue weighted by Crippen LogP contribution is -2.55. The van der Waals surface area contributed by atoms with Crippen molar-refractivity contribution in [2.24, 2.45) is 0 Å². The molecule has 1 N–H and O–H groups in total. The maximum Gasteiger partial charge on any atom is 0.274 e. The van der Waals surface area contributed by atoms with Crippen LogP contribution in [0.5, 0.6) is 0 Å². The molecule has 1 saturated heterocycles. The summed E-state index contributed by atoms with van der Waals surface area (Å²) < 4.78 is 1.98. The second kappa shape index (κ2) is 5.92. The van der Waals surface area contributed by atoms with Crippen molar-refractivity contribution >= 4 is 11.6 Å². The number of carbonyl (C=O) groups excluding carboxylic acids is 1. The summed E-state index contributed by atoms with van der Waals surface area (Å²) >= 11 is 0. The molecular formula is C20H24N6O. The van der Waals surface area contributed by atoms with Gasteiger partial charge in [0.1, 0.15) is 11.3 Å². The summed E-state index contributed by atoms with van der Waals surface area (Å²) in [5, 5.41) is 0. The van der Waals surface area contributed by atoms with E-state index in [9.17, 15) is 4.79 Å². The van der Waals surface area contributed by atoms with Gasteiger partial charge in [-0.15, -0.1) is 0 Å². The van der Waals surface area contributed by atoms with Gasteiger partial charge in [-0.1, -0.05) is 6.07 Å². The number of likely N-dealkylation sites (N-methyl/N-ethyl adjacent to an activating group) is 1. The number of amides is 1. The van der Waals surface area contributed by atoms with Crippen LogP contribution in [0.1, 0.15) is 40.4 Å². The second-order valence-electron chi connectivity index (χ2n) is 7.75. The predicted octanol–water partition coefficient (Wildman–Crippen LogP) is 1.99. The van der Waals surface area contributed by atoms with Crippen LogP contribution in [0.3, 0.4) is 0 Å². The number of carbonyl (C=O) groups is 1. The van der Waals surface area contributed by atoms with E-state index in [1.54, 1.807) is 0 Å². The van der Waals surface area contributed by atoms with Gasteiger partial charge in [-0.05, 0) is 38.9 Å². The third-order valence-electron chi connectivity index (χ3n) is 6.38. The zero-order chi connectivity index (χ0) is 18.6. The standard InChI is InChI=1S/C20H24N6O/c1-14-4-3-5-17-23-16(12-26(14)17)19(27)25-10-7-20(8-11-25)18-15(21-13-22-18)6-9-24(20)2/h3-5,12-13H,6-11H2,1-2H3,(H,21,22). The minimum Gasteiger partial charge on any atom is -0.348 e.